The third-order valence-corrected chi connectivity index (χ3v) is 3.93. The second-order valence-electron chi connectivity index (χ2n) is 6.53. The number of rotatable bonds is 10. The fraction of sp³-hybridized carbons (Fsp3) is 0.381. The zero-order valence-corrected chi connectivity index (χ0v) is 16.4. The molecule has 0 bridgehead atoms. The van der Waals surface area contributed by atoms with Crippen LogP contribution in [-0.4, -0.2) is 33.3 Å². The smallest absolute Gasteiger partial charge is 0.243 e. The standard InChI is InChI=1S/C21H28N2O4/c1-15(2)10-11-27-18-7-5-6-16(12-18)22-14-21(24)23-19-13-17(25-3)8-9-20(19)26-4/h5-9,12-13,15,22H,10-11,14H2,1-4H3,(H,23,24). The molecule has 2 aromatic rings. The van der Waals surface area contributed by atoms with Gasteiger partial charge in [-0.15, -0.1) is 0 Å². The van der Waals surface area contributed by atoms with E-state index in [9.17, 15) is 4.79 Å². The van der Waals surface area contributed by atoms with Crippen molar-refractivity contribution in [1.29, 1.82) is 0 Å². The maximum absolute atomic E-state index is 12.3. The van der Waals surface area contributed by atoms with Gasteiger partial charge in [-0.25, -0.2) is 0 Å². The molecule has 2 aromatic carbocycles. The molecule has 0 saturated heterocycles. The first kappa shape index (κ1) is 20.4. The van der Waals surface area contributed by atoms with Gasteiger partial charge in [-0.3, -0.25) is 4.79 Å². The maximum atomic E-state index is 12.3. The summed E-state index contributed by atoms with van der Waals surface area (Å²) in [5.41, 5.74) is 1.39. The fourth-order valence-electron chi connectivity index (χ4n) is 2.40. The lowest BCUT2D eigenvalue weighted by Crippen LogP contribution is -2.22. The van der Waals surface area contributed by atoms with Crippen LogP contribution >= 0.6 is 0 Å². The number of benzene rings is 2. The topological polar surface area (TPSA) is 68.8 Å². The van der Waals surface area contributed by atoms with E-state index in [0.717, 1.165) is 17.9 Å². The Morgan fingerprint density at radius 2 is 1.85 bits per heavy atom. The lowest BCUT2D eigenvalue weighted by molar-refractivity contribution is -0.114. The first-order valence-electron chi connectivity index (χ1n) is 9.00. The molecule has 0 aliphatic heterocycles. The van der Waals surface area contributed by atoms with Crippen LogP contribution in [0.25, 0.3) is 0 Å². The Morgan fingerprint density at radius 1 is 1.04 bits per heavy atom. The van der Waals surface area contributed by atoms with Crippen molar-refractivity contribution in [2.24, 2.45) is 5.92 Å². The monoisotopic (exact) mass is 372 g/mol. The van der Waals surface area contributed by atoms with E-state index < -0.39 is 0 Å². The quantitative estimate of drug-likeness (QED) is 0.655. The summed E-state index contributed by atoms with van der Waals surface area (Å²) in [4.78, 5) is 12.3. The van der Waals surface area contributed by atoms with Crippen molar-refractivity contribution >= 4 is 17.3 Å². The van der Waals surface area contributed by atoms with Crippen molar-refractivity contribution in [3.8, 4) is 17.2 Å². The predicted octanol–water partition coefficient (Wildman–Crippen LogP) is 4.18. The molecule has 6 nitrogen and oxygen atoms in total. The lowest BCUT2D eigenvalue weighted by atomic mass is 10.1. The number of ether oxygens (including phenoxy) is 3. The highest BCUT2D eigenvalue weighted by Crippen LogP contribution is 2.28. The molecule has 2 rings (SSSR count). The first-order valence-corrected chi connectivity index (χ1v) is 9.00. The molecular weight excluding hydrogens is 344 g/mol. The summed E-state index contributed by atoms with van der Waals surface area (Å²) in [7, 11) is 3.13. The average molecular weight is 372 g/mol. The molecule has 6 heteroatoms. The van der Waals surface area contributed by atoms with Crippen LogP contribution in [0.15, 0.2) is 42.5 Å². The van der Waals surface area contributed by atoms with Crippen molar-refractivity contribution in [3.05, 3.63) is 42.5 Å². The minimum absolute atomic E-state index is 0.121. The Kier molecular flexibility index (Phi) is 7.79. The summed E-state index contributed by atoms with van der Waals surface area (Å²) < 4.78 is 16.2. The van der Waals surface area contributed by atoms with Gasteiger partial charge in [0.1, 0.15) is 17.2 Å². The number of carbonyl (C=O) groups is 1. The van der Waals surface area contributed by atoms with Crippen molar-refractivity contribution in [2.75, 3.05) is 38.0 Å². The molecule has 0 unspecified atom stereocenters. The zero-order chi connectivity index (χ0) is 19.6. The van der Waals surface area contributed by atoms with Gasteiger partial charge in [0.25, 0.3) is 0 Å². The second-order valence-corrected chi connectivity index (χ2v) is 6.53. The summed E-state index contributed by atoms with van der Waals surface area (Å²) >= 11 is 0. The molecule has 0 aliphatic carbocycles. The van der Waals surface area contributed by atoms with Gasteiger partial charge >= 0.3 is 0 Å². The minimum Gasteiger partial charge on any atom is -0.497 e. The Hall–Kier alpha value is -2.89. The summed E-state index contributed by atoms with van der Waals surface area (Å²) in [5.74, 6) is 2.42. The zero-order valence-electron chi connectivity index (χ0n) is 16.4. The molecule has 0 atom stereocenters. The van der Waals surface area contributed by atoms with E-state index in [-0.39, 0.29) is 12.5 Å². The van der Waals surface area contributed by atoms with Gasteiger partial charge in [0, 0.05) is 17.8 Å². The van der Waals surface area contributed by atoms with Crippen molar-refractivity contribution in [1.82, 2.24) is 0 Å². The molecule has 0 radical (unpaired) electrons. The van der Waals surface area contributed by atoms with Crippen LogP contribution in [0.1, 0.15) is 20.3 Å². The van der Waals surface area contributed by atoms with Crippen LogP contribution < -0.4 is 24.8 Å². The highest BCUT2D eigenvalue weighted by Gasteiger charge is 2.09. The van der Waals surface area contributed by atoms with Gasteiger partial charge < -0.3 is 24.8 Å². The molecule has 0 heterocycles. The number of amides is 1. The molecule has 0 fully saturated rings. The van der Waals surface area contributed by atoms with Gasteiger partial charge in [-0.05, 0) is 36.6 Å². The molecule has 0 saturated carbocycles. The Labute approximate surface area is 160 Å². The van der Waals surface area contributed by atoms with E-state index in [1.54, 1.807) is 32.4 Å². The Bertz CT molecular complexity index is 747. The van der Waals surface area contributed by atoms with E-state index in [0.29, 0.717) is 29.7 Å². The highest BCUT2D eigenvalue weighted by molar-refractivity contribution is 5.95. The lowest BCUT2D eigenvalue weighted by Gasteiger charge is -2.13. The SMILES string of the molecule is COc1ccc(OC)c(NC(=O)CNc2cccc(OCCC(C)C)c2)c1. The summed E-state index contributed by atoms with van der Waals surface area (Å²) in [5, 5.41) is 5.94. The Morgan fingerprint density at radius 3 is 2.56 bits per heavy atom. The molecule has 27 heavy (non-hydrogen) atoms. The van der Waals surface area contributed by atoms with Crippen molar-refractivity contribution < 1.29 is 19.0 Å². The number of methoxy groups -OCH3 is 2. The summed E-state index contributed by atoms with van der Waals surface area (Å²) in [6.07, 6.45) is 1.00. The molecule has 0 aromatic heterocycles. The van der Waals surface area contributed by atoms with Gasteiger partial charge in [0.15, 0.2) is 0 Å². The van der Waals surface area contributed by atoms with Crippen LogP contribution in [-0.2, 0) is 4.79 Å². The summed E-state index contributed by atoms with van der Waals surface area (Å²) in [6, 6.07) is 12.8. The van der Waals surface area contributed by atoms with E-state index in [2.05, 4.69) is 24.5 Å². The van der Waals surface area contributed by atoms with Crippen molar-refractivity contribution in [3.63, 3.8) is 0 Å². The van der Waals surface area contributed by atoms with Crippen molar-refractivity contribution in [2.45, 2.75) is 20.3 Å². The number of anilines is 2. The van der Waals surface area contributed by atoms with Gasteiger partial charge in [-0.1, -0.05) is 19.9 Å². The largest absolute Gasteiger partial charge is 0.497 e. The second kappa shape index (κ2) is 10.3. The van der Waals surface area contributed by atoms with E-state index in [1.807, 2.05) is 24.3 Å². The third-order valence-electron chi connectivity index (χ3n) is 3.93. The van der Waals surface area contributed by atoms with Crippen LogP contribution in [0, 0.1) is 5.92 Å². The molecule has 2 N–H and O–H groups in total. The molecule has 0 spiro atoms. The van der Waals surface area contributed by atoms with E-state index >= 15 is 0 Å². The summed E-state index contributed by atoms with van der Waals surface area (Å²) in [6.45, 7) is 5.13. The average Bonchev–Trinajstić information content (AvgIpc) is 2.66. The van der Waals surface area contributed by atoms with Crippen LogP contribution in [0.3, 0.4) is 0 Å². The molecule has 0 aliphatic rings. The van der Waals surface area contributed by atoms with E-state index in [4.69, 9.17) is 14.2 Å². The highest BCUT2D eigenvalue weighted by atomic mass is 16.5. The van der Waals surface area contributed by atoms with E-state index in [1.165, 1.54) is 0 Å². The minimum atomic E-state index is -0.187. The number of hydrogen-bond acceptors (Lipinski definition) is 5. The third kappa shape index (κ3) is 6.73. The predicted molar refractivity (Wildman–Crippen MR) is 108 cm³/mol. The van der Waals surface area contributed by atoms with Crippen LogP contribution in [0.4, 0.5) is 11.4 Å². The molecular formula is C21H28N2O4. The van der Waals surface area contributed by atoms with Crippen LogP contribution in [0.2, 0.25) is 0 Å². The maximum Gasteiger partial charge on any atom is 0.243 e. The number of nitrogens with one attached hydrogen (secondary N) is 2. The van der Waals surface area contributed by atoms with Gasteiger partial charge in [0.2, 0.25) is 5.91 Å². The Balaban J connectivity index is 1.90. The van der Waals surface area contributed by atoms with Crippen LogP contribution in [0.5, 0.6) is 17.2 Å². The van der Waals surface area contributed by atoms with Gasteiger partial charge in [-0.2, -0.15) is 0 Å². The normalized spacial score (nSPS) is 10.4. The molecule has 146 valence electrons. The fourth-order valence-corrected chi connectivity index (χ4v) is 2.40. The number of hydrogen-bond donors (Lipinski definition) is 2. The number of carbonyl (C=O) groups excluding carboxylic acids is 1. The van der Waals surface area contributed by atoms with Gasteiger partial charge in [0.05, 0.1) is 33.1 Å². The molecule has 1 amide bonds. The first-order chi connectivity index (χ1) is 13.0.